The molecule has 1 aliphatic rings. The Kier molecular flexibility index (Phi) is 3.75. The maximum absolute atomic E-state index is 11.8. The first kappa shape index (κ1) is 13.1. The number of rotatable bonds is 3. The Morgan fingerprint density at radius 2 is 2.33 bits per heavy atom. The van der Waals surface area contributed by atoms with Crippen LogP contribution in [0.5, 0.6) is 0 Å². The molecule has 1 fully saturated rings. The van der Waals surface area contributed by atoms with Gasteiger partial charge in [-0.05, 0) is 13.0 Å². The van der Waals surface area contributed by atoms with E-state index in [4.69, 9.17) is 0 Å². The fourth-order valence-electron chi connectivity index (χ4n) is 2.11. The highest BCUT2D eigenvalue weighted by atomic mass is 32.2. The molecule has 0 saturated carbocycles. The van der Waals surface area contributed by atoms with Crippen molar-refractivity contribution in [1.82, 2.24) is 14.7 Å². The standard InChI is InChI=1S/C12H17N3O2S/c1-8-4-10(13-14(8)3)6-15-7-11(5-12(15)17)18-9(2)16/h4,11H,5-7H2,1-3H3. The summed E-state index contributed by atoms with van der Waals surface area (Å²) in [5.74, 6) is 0.108. The van der Waals surface area contributed by atoms with Gasteiger partial charge in [-0.1, -0.05) is 11.8 Å². The highest BCUT2D eigenvalue weighted by molar-refractivity contribution is 8.14. The van der Waals surface area contributed by atoms with Crippen LogP contribution in [0.15, 0.2) is 6.07 Å². The molecule has 1 saturated heterocycles. The second-order valence-corrected chi connectivity index (χ2v) is 6.09. The average Bonchev–Trinajstić information content (AvgIpc) is 2.72. The summed E-state index contributed by atoms with van der Waals surface area (Å²) in [6, 6.07) is 1.98. The molecule has 0 N–H and O–H groups in total. The van der Waals surface area contributed by atoms with E-state index in [-0.39, 0.29) is 16.3 Å². The Balaban J connectivity index is 1.98. The first-order valence-electron chi connectivity index (χ1n) is 5.90. The van der Waals surface area contributed by atoms with E-state index < -0.39 is 0 Å². The van der Waals surface area contributed by atoms with Gasteiger partial charge in [-0.15, -0.1) is 0 Å². The molecule has 0 aromatic carbocycles. The maximum Gasteiger partial charge on any atom is 0.224 e. The van der Waals surface area contributed by atoms with E-state index in [0.717, 1.165) is 11.4 Å². The summed E-state index contributed by atoms with van der Waals surface area (Å²) < 4.78 is 1.80. The zero-order chi connectivity index (χ0) is 13.3. The van der Waals surface area contributed by atoms with Gasteiger partial charge in [-0.25, -0.2) is 0 Å². The third-order valence-corrected chi connectivity index (χ3v) is 4.01. The summed E-state index contributed by atoms with van der Waals surface area (Å²) in [6.45, 7) is 4.70. The van der Waals surface area contributed by atoms with E-state index in [9.17, 15) is 9.59 Å². The molecular formula is C12H17N3O2S. The Hall–Kier alpha value is -1.30. The molecule has 98 valence electrons. The van der Waals surface area contributed by atoms with Gasteiger partial charge in [0.1, 0.15) is 0 Å². The molecule has 1 unspecified atom stereocenters. The number of hydrogen-bond donors (Lipinski definition) is 0. The number of hydrogen-bond acceptors (Lipinski definition) is 4. The van der Waals surface area contributed by atoms with Crippen molar-refractivity contribution in [2.45, 2.75) is 32.1 Å². The lowest BCUT2D eigenvalue weighted by molar-refractivity contribution is -0.128. The van der Waals surface area contributed by atoms with E-state index in [2.05, 4.69) is 5.10 Å². The highest BCUT2D eigenvalue weighted by Gasteiger charge is 2.31. The summed E-state index contributed by atoms with van der Waals surface area (Å²) in [5.41, 5.74) is 1.98. The number of nitrogens with zero attached hydrogens (tertiary/aromatic N) is 3. The fourth-order valence-corrected chi connectivity index (χ4v) is 3.06. The highest BCUT2D eigenvalue weighted by Crippen LogP contribution is 2.25. The number of aromatic nitrogens is 2. The van der Waals surface area contributed by atoms with Gasteiger partial charge in [0.15, 0.2) is 5.12 Å². The third kappa shape index (κ3) is 2.93. The fraction of sp³-hybridized carbons (Fsp3) is 0.583. The molecular weight excluding hydrogens is 250 g/mol. The predicted molar refractivity (Wildman–Crippen MR) is 70.0 cm³/mol. The minimum absolute atomic E-state index is 0.0725. The van der Waals surface area contributed by atoms with Gasteiger partial charge >= 0.3 is 0 Å². The minimum Gasteiger partial charge on any atom is -0.336 e. The molecule has 5 nitrogen and oxygen atoms in total. The molecule has 1 aliphatic heterocycles. The number of likely N-dealkylation sites (tertiary alicyclic amines) is 1. The molecule has 18 heavy (non-hydrogen) atoms. The van der Waals surface area contributed by atoms with Crippen molar-refractivity contribution in [3.8, 4) is 0 Å². The number of carbonyl (C=O) groups excluding carboxylic acids is 2. The van der Waals surface area contributed by atoms with Crippen molar-refractivity contribution in [3.63, 3.8) is 0 Å². The van der Waals surface area contributed by atoms with Gasteiger partial charge < -0.3 is 4.90 Å². The van der Waals surface area contributed by atoms with Gasteiger partial charge in [-0.2, -0.15) is 5.10 Å². The predicted octanol–water partition coefficient (Wildman–Crippen LogP) is 1.11. The van der Waals surface area contributed by atoms with Crippen LogP contribution < -0.4 is 0 Å². The summed E-state index contributed by atoms with van der Waals surface area (Å²) in [6.07, 6.45) is 0.454. The SMILES string of the molecule is CC(=O)SC1CC(=O)N(Cc2cc(C)n(C)n2)C1. The van der Waals surface area contributed by atoms with Crippen molar-refractivity contribution in [3.05, 3.63) is 17.5 Å². The molecule has 0 radical (unpaired) electrons. The van der Waals surface area contributed by atoms with E-state index in [0.29, 0.717) is 19.5 Å². The third-order valence-electron chi connectivity index (χ3n) is 3.03. The van der Waals surface area contributed by atoms with Gasteiger partial charge in [0.05, 0.1) is 12.2 Å². The Bertz CT molecular complexity index is 464. The van der Waals surface area contributed by atoms with Crippen LogP contribution >= 0.6 is 11.8 Å². The van der Waals surface area contributed by atoms with Crippen LogP contribution in [0.3, 0.4) is 0 Å². The van der Waals surface area contributed by atoms with Crippen molar-refractivity contribution in [2.75, 3.05) is 6.54 Å². The first-order chi connectivity index (χ1) is 8.45. The number of thioether (sulfide) groups is 1. The summed E-state index contributed by atoms with van der Waals surface area (Å²) in [5, 5.41) is 4.51. The molecule has 0 spiro atoms. The van der Waals surface area contributed by atoms with Crippen LogP contribution in [0.25, 0.3) is 0 Å². The van der Waals surface area contributed by atoms with E-state index >= 15 is 0 Å². The molecule has 6 heteroatoms. The van der Waals surface area contributed by atoms with Crippen LogP contribution in [0.2, 0.25) is 0 Å². The largest absolute Gasteiger partial charge is 0.336 e. The monoisotopic (exact) mass is 267 g/mol. The molecule has 2 rings (SSSR count). The molecule has 1 aromatic heterocycles. The first-order valence-corrected chi connectivity index (χ1v) is 6.78. The molecule has 0 bridgehead atoms. The summed E-state index contributed by atoms with van der Waals surface area (Å²) in [4.78, 5) is 24.6. The van der Waals surface area contributed by atoms with Crippen molar-refractivity contribution < 1.29 is 9.59 Å². The summed E-state index contributed by atoms with van der Waals surface area (Å²) in [7, 11) is 1.89. The lowest BCUT2D eigenvalue weighted by atomic mass is 10.3. The Morgan fingerprint density at radius 1 is 1.61 bits per heavy atom. The normalized spacial score (nSPS) is 19.6. The lowest BCUT2D eigenvalue weighted by Crippen LogP contribution is -2.25. The Labute approximate surface area is 111 Å². The molecule has 1 amide bonds. The minimum atomic E-state index is 0.0725. The molecule has 1 aromatic rings. The van der Waals surface area contributed by atoms with Crippen molar-refractivity contribution >= 4 is 22.8 Å². The smallest absolute Gasteiger partial charge is 0.224 e. The van der Waals surface area contributed by atoms with Gasteiger partial charge in [-0.3, -0.25) is 14.3 Å². The molecule has 2 heterocycles. The quantitative estimate of drug-likeness (QED) is 0.823. The zero-order valence-corrected chi connectivity index (χ0v) is 11.7. The van der Waals surface area contributed by atoms with Gasteiger partial charge in [0, 0.05) is 37.9 Å². The van der Waals surface area contributed by atoms with Crippen LogP contribution in [0.4, 0.5) is 0 Å². The van der Waals surface area contributed by atoms with Crippen LogP contribution in [0.1, 0.15) is 24.7 Å². The van der Waals surface area contributed by atoms with Crippen LogP contribution in [-0.4, -0.2) is 37.5 Å². The Morgan fingerprint density at radius 3 is 2.89 bits per heavy atom. The molecule has 1 atom stereocenters. The second kappa shape index (κ2) is 5.14. The average molecular weight is 267 g/mol. The van der Waals surface area contributed by atoms with Crippen LogP contribution in [-0.2, 0) is 23.2 Å². The molecule has 0 aliphatic carbocycles. The lowest BCUT2D eigenvalue weighted by Gasteiger charge is -2.14. The van der Waals surface area contributed by atoms with E-state index in [1.165, 1.54) is 11.8 Å². The zero-order valence-electron chi connectivity index (χ0n) is 10.8. The summed E-state index contributed by atoms with van der Waals surface area (Å²) >= 11 is 1.26. The van der Waals surface area contributed by atoms with Crippen molar-refractivity contribution in [2.24, 2.45) is 7.05 Å². The van der Waals surface area contributed by atoms with Crippen LogP contribution in [0, 0.1) is 6.92 Å². The topological polar surface area (TPSA) is 55.2 Å². The second-order valence-electron chi connectivity index (χ2n) is 4.61. The number of aryl methyl sites for hydroxylation is 2. The van der Waals surface area contributed by atoms with Crippen molar-refractivity contribution in [1.29, 1.82) is 0 Å². The van der Waals surface area contributed by atoms with E-state index in [1.54, 1.807) is 16.5 Å². The maximum atomic E-state index is 11.8. The number of amides is 1. The van der Waals surface area contributed by atoms with E-state index in [1.807, 2.05) is 20.0 Å². The van der Waals surface area contributed by atoms with Gasteiger partial charge in [0.25, 0.3) is 0 Å². The van der Waals surface area contributed by atoms with Gasteiger partial charge in [0.2, 0.25) is 5.91 Å². The number of carbonyl (C=O) groups is 2.